The van der Waals surface area contributed by atoms with E-state index in [2.05, 4.69) is 5.32 Å². The van der Waals surface area contributed by atoms with E-state index < -0.39 is 23.4 Å². The molecule has 0 saturated carbocycles. The van der Waals surface area contributed by atoms with E-state index in [-0.39, 0.29) is 12.5 Å². The van der Waals surface area contributed by atoms with Crippen molar-refractivity contribution in [3.8, 4) is 0 Å². The Labute approximate surface area is 112 Å². The summed E-state index contributed by atoms with van der Waals surface area (Å²) in [5.74, 6) is -1.83. The van der Waals surface area contributed by atoms with Crippen LogP contribution in [-0.2, 0) is 9.59 Å². The normalized spacial score (nSPS) is 21.8. The highest BCUT2D eigenvalue weighted by Gasteiger charge is 2.37. The van der Waals surface area contributed by atoms with Crippen molar-refractivity contribution in [3.05, 3.63) is 0 Å². The van der Waals surface area contributed by atoms with Crippen molar-refractivity contribution in [2.75, 3.05) is 13.1 Å². The van der Waals surface area contributed by atoms with E-state index >= 15 is 0 Å². The predicted octanol–water partition coefficient (Wildman–Crippen LogP) is 0.147. The minimum atomic E-state index is -1.28. The Morgan fingerprint density at radius 3 is 2.53 bits per heavy atom. The second-order valence-electron chi connectivity index (χ2n) is 5.15. The van der Waals surface area contributed by atoms with Gasteiger partial charge in [-0.25, -0.2) is 9.59 Å². The standard InChI is InChI=1S/C12H21N3O4/c1-3-5-12(2,10(17)18)14-11(19)15-6-4-8(7-15)9(13)16/h8H,3-7H2,1-2H3,(H2,13,16)(H,14,19)(H,17,18). The average molecular weight is 271 g/mol. The molecular formula is C12H21N3O4. The van der Waals surface area contributed by atoms with Gasteiger partial charge in [-0.05, 0) is 19.8 Å². The number of carbonyl (C=O) groups is 3. The average Bonchev–Trinajstić information content (AvgIpc) is 2.78. The Bertz CT molecular complexity index is 385. The maximum atomic E-state index is 12.0. The minimum absolute atomic E-state index is 0.253. The van der Waals surface area contributed by atoms with Gasteiger partial charge in [0.25, 0.3) is 0 Å². The van der Waals surface area contributed by atoms with Crippen LogP contribution in [0.25, 0.3) is 0 Å². The van der Waals surface area contributed by atoms with E-state index in [1.807, 2.05) is 6.92 Å². The molecule has 2 unspecified atom stereocenters. The highest BCUT2D eigenvalue weighted by molar-refractivity contribution is 5.86. The van der Waals surface area contributed by atoms with E-state index in [0.717, 1.165) is 0 Å². The lowest BCUT2D eigenvalue weighted by Crippen LogP contribution is -2.55. The van der Waals surface area contributed by atoms with Crippen LogP contribution in [0.1, 0.15) is 33.1 Å². The second kappa shape index (κ2) is 5.90. The molecule has 0 aromatic carbocycles. The van der Waals surface area contributed by atoms with Crippen molar-refractivity contribution in [1.29, 1.82) is 0 Å². The largest absolute Gasteiger partial charge is 0.480 e. The number of rotatable bonds is 5. The quantitative estimate of drug-likeness (QED) is 0.660. The van der Waals surface area contributed by atoms with Gasteiger partial charge in [0.15, 0.2) is 0 Å². The Kier molecular flexibility index (Phi) is 4.74. The zero-order chi connectivity index (χ0) is 14.6. The first-order chi connectivity index (χ1) is 8.80. The number of hydrogen-bond donors (Lipinski definition) is 3. The number of carbonyl (C=O) groups excluding carboxylic acids is 2. The van der Waals surface area contributed by atoms with Crippen LogP contribution in [0.2, 0.25) is 0 Å². The maximum Gasteiger partial charge on any atom is 0.329 e. The fourth-order valence-corrected chi connectivity index (χ4v) is 2.21. The van der Waals surface area contributed by atoms with Gasteiger partial charge in [-0.15, -0.1) is 0 Å². The van der Waals surface area contributed by atoms with Crippen LogP contribution in [-0.4, -0.2) is 46.5 Å². The molecule has 3 amide bonds. The number of primary amides is 1. The number of urea groups is 1. The minimum Gasteiger partial charge on any atom is -0.480 e. The lowest BCUT2D eigenvalue weighted by atomic mass is 9.96. The molecule has 1 heterocycles. The predicted molar refractivity (Wildman–Crippen MR) is 68.4 cm³/mol. The number of nitrogens with one attached hydrogen (secondary N) is 1. The molecule has 19 heavy (non-hydrogen) atoms. The summed E-state index contributed by atoms with van der Waals surface area (Å²) in [5.41, 5.74) is 3.91. The summed E-state index contributed by atoms with van der Waals surface area (Å²) in [4.78, 5) is 35.7. The van der Waals surface area contributed by atoms with Crippen LogP contribution in [0.15, 0.2) is 0 Å². The molecule has 0 aliphatic carbocycles. The fourth-order valence-electron chi connectivity index (χ4n) is 2.21. The molecule has 1 aliphatic rings. The number of aliphatic carboxylic acids is 1. The van der Waals surface area contributed by atoms with Crippen LogP contribution >= 0.6 is 0 Å². The van der Waals surface area contributed by atoms with Crippen LogP contribution < -0.4 is 11.1 Å². The highest BCUT2D eigenvalue weighted by atomic mass is 16.4. The van der Waals surface area contributed by atoms with E-state index in [1.54, 1.807) is 0 Å². The van der Waals surface area contributed by atoms with Gasteiger partial charge in [0, 0.05) is 13.1 Å². The Morgan fingerprint density at radius 2 is 2.11 bits per heavy atom. The van der Waals surface area contributed by atoms with Gasteiger partial charge in [0.1, 0.15) is 5.54 Å². The number of carboxylic acids is 1. The van der Waals surface area contributed by atoms with E-state index in [4.69, 9.17) is 5.73 Å². The molecular weight excluding hydrogens is 250 g/mol. The lowest BCUT2D eigenvalue weighted by molar-refractivity contribution is -0.144. The van der Waals surface area contributed by atoms with Crippen molar-refractivity contribution in [1.82, 2.24) is 10.2 Å². The molecule has 0 aromatic heterocycles. The Balaban J connectivity index is 2.64. The summed E-state index contributed by atoms with van der Waals surface area (Å²) in [6.45, 7) is 4.01. The van der Waals surface area contributed by atoms with Crippen LogP contribution in [0.4, 0.5) is 4.79 Å². The number of nitrogens with zero attached hydrogens (tertiary/aromatic N) is 1. The zero-order valence-electron chi connectivity index (χ0n) is 11.3. The number of amides is 3. The van der Waals surface area contributed by atoms with Gasteiger partial charge in [0.05, 0.1) is 5.92 Å². The van der Waals surface area contributed by atoms with Crippen molar-refractivity contribution < 1.29 is 19.5 Å². The van der Waals surface area contributed by atoms with Gasteiger partial charge in [-0.3, -0.25) is 4.79 Å². The second-order valence-corrected chi connectivity index (χ2v) is 5.15. The maximum absolute atomic E-state index is 12.0. The van der Waals surface area contributed by atoms with Crippen molar-refractivity contribution in [3.63, 3.8) is 0 Å². The third-order valence-electron chi connectivity index (χ3n) is 3.48. The number of carboxylic acid groups (broad SMARTS) is 1. The molecule has 1 aliphatic heterocycles. The summed E-state index contributed by atoms with van der Waals surface area (Å²) >= 11 is 0. The molecule has 1 fully saturated rings. The number of hydrogen-bond acceptors (Lipinski definition) is 3. The fraction of sp³-hybridized carbons (Fsp3) is 0.750. The van der Waals surface area contributed by atoms with Crippen LogP contribution in [0.5, 0.6) is 0 Å². The van der Waals surface area contributed by atoms with Gasteiger partial charge < -0.3 is 21.1 Å². The first-order valence-electron chi connectivity index (χ1n) is 6.40. The number of nitrogens with two attached hydrogens (primary N) is 1. The summed E-state index contributed by atoms with van der Waals surface area (Å²) in [6, 6.07) is -0.456. The van der Waals surface area contributed by atoms with Gasteiger partial charge >= 0.3 is 12.0 Å². The molecule has 2 atom stereocenters. The summed E-state index contributed by atoms with van der Waals surface area (Å²) < 4.78 is 0. The van der Waals surface area contributed by atoms with Crippen LogP contribution in [0, 0.1) is 5.92 Å². The molecule has 1 saturated heterocycles. The highest BCUT2D eigenvalue weighted by Crippen LogP contribution is 2.18. The Morgan fingerprint density at radius 1 is 1.47 bits per heavy atom. The molecule has 0 bridgehead atoms. The molecule has 0 aromatic rings. The summed E-state index contributed by atoms with van der Waals surface area (Å²) in [7, 11) is 0. The first kappa shape index (κ1) is 15.3. The first-order valence-corrected chi connectivity index (χ1v) is 6.40. The van der Waals surface area contributed by atoms with Gasteiger partial charge in [-0.2, -0.15) is 0 Å². The monoisotopic (exact) mass is 271 g/mol. The van der Waals surface area contributed by atoms with E-state index in [1.165, 1.54) is 11.8 Å². The van der Waals surface area contributed by atoms with E-state index in [0.29, 0.717) is 25.8 Å². The SMILES string of the molecule is CCCC(C)(NC(=O)N1CCC(C(N)=O)C1)C(=O)O. The molecule has 1 rings (SSSR count). The topological polar surface area (TPSA) is 113 Å². The smallest absolute Gasteiger partial charge is 0.329 e. The molecule has 4 N–H and O–H groups in total. The third-order valence-corrected chi connectivity index (χ3v) is 3.48. The number of likely N-dealkylation sites (tertiary alicyclic amines) is 1. The van der Waals surface area contributed by atoms with Crippen molar-refractivity contribution >= 4 is 17.9 Å². The molecule has 0 spiro atoms. The van der Waals surface area contributed by atoms with E-state index in [9.17, 15) is 19.5 Å². The summed E-state index contributed by atoms with van der Waals surface area (Å²) in [5, 5.41) is 11.7. The Hall–Kier alpha value is -1.79. The zero-order valence-corrected chi connectivity index (χ0v) is 11.3. The summed E-state index contributed by atoms with van der Waals surface area (Å²) in [6.07, 6.45) is 1.52. The van der Waals surface area contributed by atoms with Crippen molar-refractivity contribution in [2.45, 2.75) is 38.6 Å². The third kappa shape index (κ3) is 3.59. The van der Waals surface area contributed by atoms with Gasteiger partial charge in [-0.1, -0.05) is 13.3 Å². The molecule has 7 heteroatoms. The van der Waals surface area contributed by atoms with Crippen LogP contribution in [0.3, 0.4) is 0 Å². The lowest BCUT2D eigenvalue weighted by Gasteiger charge is -2.28. The molecule has 108 valence electrons. The van der Waals surface area contributed by atoms with Crippen molar-refractivity contribution in [2.24, 2.45) is 11.7 Å². The molecule has 7 nitrogen and oxygen atoms in total. The van der Waals surface area contributed by atoms with Gasteiger partial charge in [0.2, 0.25) is 5.91 Å². The molecule has 0 radical (unpaired) electrons.